The summed E-state index contributed by atoms with van der Waals surface area (Å²) in [4.78, 5) is 1.60. The number of halogens is 4. The van der Waals surface area contributed by atoms with E-state index in [0.29, 0.717) is 29.5 Å². The highest BCUT2D eigenvalue weighted by atomic mass is 19.4. The zero-order valence-corrected chi connectivity index (χ0v) is 16.7. The first-order valence-electron chi connectivity index (χ1n) is 10.3. The summed E-state index contributed by atoms with van der Waals surface area (Å²) in [5.74, 6) is 0.424. The summed E-state index contributed by atoms with van der Waals surface area (Å²) in [5.41, 5.74) is 1.23. The second-order valence-electron chi connectivity index (χ2n) is 7.88. The van der Waals surface area contributed by atoms with Crippen molar-refractivity contribution < 1.29 is 27.4 Å². The molecule has 2 aromatic carbocycles. The molecule has 1 fully saturated rings. The van der Waals surface area contributed by atoms with E-state index in [9.17, 15) is 22.7 Å². The summed E-state index contributed by atoms with van der Waals surface area (Å²) in [5, 5.41) is 9.66. The van der Waals surface area contributed by atoms with Crippen molar-refractivity contribution in [3.63, 3.8) is 0 Å². The van der Waals surface area contributed by atoms with E-state index in [1.807, 2.05) is 0 Å². The number of anilines is 1. The van der Waals surface area contributed by atoms with E-state index in [2.05, 4.69) is 0 Å². The van der Waals surface area contributed by atoms with Gasteiger partial charge in [-0.1, -0.05) is 37.5 Å². The van der Waals surface area contributed by atoms with Gasteiger partial charge in [-0.3, -0.25) is 0 Å². The molecule has 0 amide bonds. The summed E-state index contributed by atoms with van der Waals surface area (Å²) in [6, 6.07) is 12.9. The quantitative estimate of drug-likeness (QED) is 0.550. The summed E-state index contributed by atoms with van der Waals surface area (Å²) < 4.78 is 58.0. The standard InChI is InChI=1S/C23H27F4NO2/c24-19-9-4-8-18(12-19)16-30-21-11-5-10-20(13-21)28(15-22(29)23(25,26)27)14-17-6-2-1-3-7-17/h4-5,8-13,17,22,29H,1-3,6-7,14-16H2. The maximum atomic E-state index is 13.3. The minimum absolute atomic E-state index is 0.148. The third-order valence-corrected chi connectivity index (χ3v) is 5.45. The minimum atomic E-state index is -4.67. The Labute approximate surface area is 174 Å². The fraction of sp³-hybridized carbons (Fsp3) is 0.478. The van der Waals surface area contributed by atoms with Crippen LogP contribution in [0.3, 0.4) is 0 Å². The van der Waals surface area contributed by atoms with Crippen molar-refractivity contribution in [3.05, 3.63) is 59.9 Å². The number of rotatable bonds is 8. The first-order valence-corrected chi connectivity index (χ1v) is 10.3. The average molecular weight is 425 g/mol. The molecule has 1 unspecified atom stereocenters. The molecule has 0 saturated heterocycles. The lowest BCUT2D eigenvalue weighted by Crippen LogP contribution is -2.43. The number of aliphatic hydroxyl groups is 1. The number of hydrogen-bond acceptors (Lipinski definition) is 3. The highest BCUT2D eigenvalue weighted by molar-refractivity contribution is 5.51. The Morgan fingerprint density at radius 1 is 1.03 bits per heavy atom. The summed E-state index contributed by atoms with van der Waals surface area (Å²) >= 11 is 0. The Balaban J connectivity index is 1.73. The molecule has 2 aromatic rings. The van der Waals surface area contributed by atoms with Gasteiger partial charge >= 0.3 is 6.18 Å². The van der Waals surface area contributed by atoms with Crippen LogP contribution in [0, 0.1) is 11.7 Å². The summed E-state index contributed by atoms with van der Waals surface area (Å²) in [6.07, 6.45) is -1.81. The van der Waals surface area contributed by atoms with Gasteiger partial charge in [-0.25, -0.2) is 4.39 Å². The molecule has 3 nitrogen and oxygen atoms in total. The van der Waals surface area contributed by atoms with Crippen molar-refractivity contribution in [2.45, 2.75) is 51.0 Å². The van der Waals surface area contributed by atoms with Crippen LogP contribution in [0.4, 0.5) is 23.2 Å². The molecule has 0 bridgehead atoms. The molecule has 0 aliphatic heterocycles. The van der Waals surface area contributed by atoms with Crippen LogP contribution in [-0.4, -0.2) is 30.5 Å². The first-order chi connectivity index (χ1) is 14.3. The second kappa shape index (κ2) is 10.2. The molecule has 0 heterocycles. The van der Waals surface area contributed by atoms with Gasteiger partial charge in [0.1, 0.15) is 18.2 Å². The minimum Gasteiger partial charge on any atom is -0.489 e. The normalized spacial score (nSPS) is 16.3. The maximum Gasteiger partial charge on any atom is 0.416 e. The zero-order chi connectivity index (χ0) is 21.6. The van der Waals surface area contributed by atoms with Gasteiger partial charge in [-0.2, -0.15) is 13.2 Å². The van der Waals surface area contributed by atoms with Gasteiger partial charge in [0.2, 0.25) is 0 Å². The number of benzene rings is 2. The summed E-state index contributed by atoms with van der Waals surface area (Å²) in [6.45, 7) is 0.0862. The molecule has 1 aliphatic carbocycles. The van der Waals surface area contributed by atoms with E-state index in [4.69, 9.17) is 4.74 Å². The molecule has 1 aliphatic rings. The Morgan fingerprint density at radius 2 is 1.77 bits per heavy atom. The van der Waals surface area contributed by atoms with Gasteiger partial charge in [0, 0.05) is 18.3 Å². The maximum absolute atomic E-state index is 13.3. The van der Waals surface area contributed by atoms with E-state index in [-0.39, 0.29) is 12.4 Å². The molecule has 1 atom stereocenters. The zero-order valence-electron chi connectivity index (χ0n) is 16.7. The number of hydrogen-bond donors (Lipinski definition) is 1. The van der Waals surface area contributed by atoms with Gasteiger partial charge in [0.15, 0.2) is 6.10 Å². The van der Waals surface area contributed by atoms with Crippen molar-refractivity contribution in [2.24, 2.45) is 5.92 Å². The van der Waals surface area contributed by atoms with Crippen molar-refractivity contribution in [1.29, 1.82) is 0 Å². The molecule has 1 saturated carbocycles. The van der Waals surface area contributed by atoms with Gasteiger partial charge in [-0.05, 0) is 48.6 Å². The van der Waals surface area contributed by atoms with Crippen molar-refractivity contribution >= 4 is 5.69 Å². The molecule has 3 rings (SSSR count). The van der Waals surface area contributed by atoms with Crippen LogP contribution in [0.15, 0.2) is 48.5 Å². The average Bonchev–Trinajstić information content (AvgIpc) is 2.72. The van der Waals surface area contributed by atoms with Crippen molar-refractivity contribution in [3.8, 4) is 5.75 Å². The van der Waals surface area contributed by atoms with Crippen molar-refractivity contribution in [1.82, 2.24) is 0 Å². The second-order valence-corrected chi connectivity index (χ2v) is 7.88. The van der Waals surface area contributed by atoms with Crippen LogP contribution in [0.5, 0.6) is 5.75 Å². The lowest BCUT2D eigenvalue weighted by atomic mass is 9.88. The predicted octanol–water partition coefficient (Wildman–Crippen LogP) is 5.71. The van der Waals surface area contributed by atoms with Gasteiger partial charge in [0.05, 0.1) is 6.54 Å². The monoisotopic (exact) mass is 425 g/mol. The van der Waals surface area contributed by atoms with E-state index in [1.165, 1.54) is 12.1 Å². The highest BCUT2D eigenvalue weighted by Gasteiger charge is 2.39. The lowest BCUT2D eigenvalue weighted by molar-refractivity contribution is -0.200. The number of aliphatic hydroxyl groups excluding tert-OH is 1. The molecule has 0 aromatic heterocycles. The highest BCUT2D eigenvalue weighted by Crippen LogP contribution is 2.30. The number of alkyl halides is 3. The van der Waals surface area contributed by atoms with Gasteiger partial charge in [0.25, 0.3) is 0 Å². The summed E-state index contributed by atoms with van der Waals surface area (Å²) in [7, 11) is 0. The third-order valence-electron chi connectivity index (χ3n) is 5.45. The fourth-order valence-electron chi connectivity index (χ4n) is 3.84. The van der Waals surface area contributed by atoms with E-state index < -0.39 is 18.8 Å². The Hall–Kier alpha value is -2.28. The largest absolute Gasteiger partial charge is 0.489 e. The Kier molecular flexibility index (Phi) is 7.58. The smallest absolute Gasteiger partial charge is 0.416 e. The van der Waals surface area contributed by atoms with Crippen LogP contribution in [0.2, 0.25) is 0 Å². The van der Waals surface area contributed by atoms with Crippen LogP contribution >= 0.6 is 0 Å². The van der Waals surface area contributed by atoms with Crippen molar-refractivity contribution in [2.75, 3.05) is 18.0 Å². The van der Waals surface area contributed by atoms with Crippen LogP contribution < -0.4 is 9.64 Å². The first kappa shape index (κ1) is 22.4. The van der Waals surface area contributed by atoms with Gasteiger partial charge in [-0.15, -0.1) is 0 Å². The third kappa shape index (κ3) is 6.62. The Bertz CT molecular complexity index is 806. The molecule has 1 N–H and O–H groups in total. The Morgan fingerprint density at radius 3 is 2.47 bits per heavy atom. The van der Waals surface area contributed by atoms with E-state index in [1.54, 1.807) is 41.3 Å². The van der Waals surface area contributed by atoms with Crippen LogP contribution in [0.25, 0.3) is 0 Å². The molecule has 0 spiro atoms. The van der Waals surface area contributed by atoms with Crippen LogP contribution in [0.1, 0.15) is 37.7 Å². The molecule has 30 heavy (non-hydrogen) atoms. The molecule has 7 heteroatoms. The lowest BCUT2D eigenvalue weighted by Gasteiger charge is -2.33. The molecular formula is C23H27F4NO2. The van der Waals surface area contributed by atoms with E-state index >= 15 is 0 Å². The number of ether oxygens (including phenoxy) is 1. The number of nitrogens with zero attached hydrogens (tertiary/aromatic N) is 1. The van der Waals surface area contributed by atoms with Gasteiger partial charge < -0.3 is 14.7 Å². The fourth-order valence-corrected chi connectivity index (χ4v) is 3.84. The molecular weight excluding hydrogens is 398 g/mol. The molecule has 164 valence electrons. The predicted molar refractivity (Wildman–Crippen MR) is 108 cm³/mol. The topological polar surface area (TPSA) is 32.7 Å². The van der Waals surface area contributed by atoms with E-state index in [0.717, 1.165) is 32.1 Å². The molecule has 0 radical (unpaired) electrons. The SMILES string of the molecule is OC(CN(CC1CCCCC1)c1cccc(OCc2cccc(F)c2)c1)C(F)(F)F. The van der Waals surface area contributed by atoms with Crippen LogP contribution in [-0.2, 0) is 6.61 Å².